The molecule has 3 heterocycles. The topological polar surface area (TPSA) is 165 Å². The van der Waals surface area contributed by atoms with Crippen LogP contribution in [0.15, 0.2) is 35.4 Å². The highest BCUT2D eigenvalue weighted by atomic mass is 32.2. The van der Waals surface area contributed by atoms with Crippen molar-refractivity contribution in [3.05, 3.63) is 52.6 Å². The van der Waals surface area contributed by atoms with Gasteiger partial charge in [-0.05, 0) is 29.9 Å². The van der Waals surface area contributed by atoms with Gasteiger partial charge in [-0.2, -0.15) is 10.5 Å². The zero-order valence-corrected chi connectivity index (χ0v) is 20.1. The van der Waals surface area contributed by atoms with Crippen LogP contribution in [0.25, 0.3) is 0 Å². The number of carbonyl (C=O) groups is 2. The largest absolute Gasteiger partial charge is 0.376 e. The second kappa shape index (κ2) is 9.43. The molecule has 2 aromatic rings. The minimum atomic E-state index is -1.49. The number of primary amides is 1. The van der Waals surface area contributed by atoms with E-state index in [1.807, 2.05) is 23.1 Å². The molecule has 3 fully saturated rings. The lowest BCUT2D eigenvalue weighted by Crippen LogP contribution is -2.67. The molecule has 5 rings (SSSR count). The zero-order chi connectivity index (χ0) is 25.4. The van der Waals surface area contributed by atoms with Gasteiger partial charge in [-0.25, -0.2) is 4.98 Å². The smallest absolute Gasteiger partial charge is 0.257 e. The molecular formula is C25H24N6O4S. The average Bonchev–Trinajstić information content (AvgIpc) is 3.67. The number of aliphatic hydroxyl groups is 1. The van der Waals surface area contributed by atoms with Crippen molar-refractivity contribution in [3.63, 3.8) is 0 Å². The number of carbonyl (C=O) groups excluding carboxylic acids is 2. The third-order valence-corrected chi connectivity index (χ3v) is 7.86. The van der Waals surface area contributed by atoms with Crippen LogP contribution in [0.4, 0.5) is 5.82 Å². The molecule has 3 aliphatic rings. The molecule has 2 amide bonds. The van der Waals surface area contributed by atoms with Crippen LogP contribution in [0.1, 0.15) is 46.3 Å². The van der Waals surface area contributed by atoms with E-state index in [0.717, 1.165) is 24.6 Å². The maximum atomic E-state index is 12.4. The van der Waals surface area contributed by atoms with Crippen LogP contribution in [-0.2, 0) is 14.3 Å². The minimum Gasteiger partial charge on any atom is -0.376 e. The highest BCUT2D eigenvalue weighted by Crippen LogP contribution is 2.48. The molecule has 0 spiro atoms. The summed E-state index contributed by atoms with van der Waals surface area (Å²) in [6.45, 7) is 0.725. The Labute approximate surface area is 212 Å². The van der Waals surface area contributed by atoms with Crippen molar-refractivity contribution in [1.82, 2.24) is 10.3 Å². The quantitative estimate of drug-likeness (QED) is 0.446. The number of amides is 2. The molecule has 11 heteroatoms. The van der Waals surface area contributed by atoms with Crippen LogP contribution in [-0.4, -0.2) is 59.9 Å². The maximum absolute atomic E-state index is 12.4. The Balaban J connectivity index is 1.45. The van der Waals surface area contributed by atoms with E-state index in [1.54, 1.807) is 12.1 Å². The van der Waals surface area contributed by atoms with Gasteiger partial charge in [0.15, 0.2) is 5.60 Å². The third-order valence-electron chi connectivity index (χ3n) is 6.60. The van der Waals surface area contributed by atoms with Gasteiger partial charge in [0.1, 0.15) is 28.2 Å². The number of ether oxygens (including phenoxy) is 1. The molecule has 1 aromatic carbocycles. The average molecular weight is 505 g/mol. The lowest BCUT2D eigenvalue weighted by Gasteiger charge is -2.43. The van der Waals surface area contributed by atoms with Crippen molar-refractivity contribution in [2.75, 3.05) is 31.2 Å². The Morgan fingerprint density at radius 3 is 2.39 bits per heavy atom. The fourth-order valence-electron chi connectivity index (χ4n) is 4.40. The maximum Gasteiger partial charge on any atom is 0.257 e. The second-order valence-electron chi connectivity index (χ2n) is 9.31. The van der Waals surface area contributed by atoms with Gasteiger partial charge in [0.2, 0.25) is 5.91 Å². The van der Waals surface area contributed by atoms with Gasteiger partial charge in [0.25, 0.3) is 5.91 Å². The molecule has 1 aliphatic carbocycles. The molecule has 1 atom stereocenters. The lowest BCUT2D eigenvalue weighted by molar-refractivity contribution is -0.191. The summed E-state index contributed by atoms with van der Waals surface area (Å²) in [5.74, 6) is -0.522. The number of nitrogens with zero attached hydrogens (tertiary/aromatic N) is 4. The molecule has 36 heavy (non-hydrogen) atoms. The third kappa shape index (κ3) is 4.37. The van der Waals surface area contributed by atoms with Crippen LogP contribution in [0.3, 0.4) is 0 Å². The number of nitrogens with one attached hydrogen (secondary N) is 1. The number of hydrogen-bond acceptors (Lipinski definition) is 9. The Morgan fingerprint density at radius 2 is 1.86 bits per heavy atom. The van der Waals surface area contributed by atoms with Gasteiger partial charge in [-0.1, -0.05) is 42.1 Å². The summed E-state index contributed by atoms with van der Waals surface area (Å²) in [4.78, 5) is 31.2. The molecule has 4 N–H and O–H groups in total. The molecule has 0 bridgehead atoms. The molecule has 2 saturated heterocycles. The molecule has 1 aromatic heterocycles. The van der Waals surface area contributed by atoms with Crippen molar-refractivity contribution >= 4 is 29.4 Å². The Hall–Kier alpha value is -3.64. The van der Waals surface area contributed by atoms with Crippen molar-refractivity contribution < 1.29 is 19.4 Å². The van der Waals surface area contributed by atoms with Gasteiger partial charge in [-0.15, -0.1) is 0 Å². The number of benzene rings is 1. The van der Waals surface area contributed by atoms with E-state index < -0.39 is 22.7 Å². The molecule has 10 nitrogen and oxygen atoms in total. The molecule has 1 unspecified atom stereocenters. The van der Waals surface area contributed by atoms with E-state index in [0.29, 0.717) is 46.2 Å². The van der Waals surface area contributed by atoms with Gasteiger partial charge in [0, 0.05) is 13.1 Å². The van der Waals surface area contributed by atoms with Crippen molar-refractivity contribution in [2.45, 2.75) is 40.7 Å². The first-order valence-electron chi connectivity index (χ1n) is 11.6. The van der Waals surface area contributed by atoms with Crippen LogP contribution < -0.4 is 16.0 Å². The highest BCUT2D eigenvalue weighted by molar-refractivity contribution is 8.00. The van der Waals surface area contributed by atoms with Crippen LogP contribution >= 0.6 is 11.8 Å². The predicted octanol–water partition coefficient (Wildman–Crippen LogP) is 1.09. The lowest BCUT2D eigenvalue weighted by atomic mass is 9.97. The standard InChI is InChI=1S/C25H24N6O4S/c26-8-17-19(14-6-7-14)18(9-27)23(36-20(21(28)32)15-4-2-1-3-5-15)30-22(17)31-10-16(11-31)29-24(33)25(34)12-35-13-25/h1-5,14,16,20,34H,6-7,10-13H2,(H2,28,32)(H,29,33). The van der Waals surface area contributed by atoms with Crippen molar-refractivity contribution in [3.8, 4) is 12.1 Å². The minimum absolute atomic E-state index is 0.0290. The SMILES string of the molecule is N#Cc1c(SC(C(N)=O)c2ccccc2)nc(N2CC(NC(=O)C3(O)COC3)C2)c(C#N)c1C1CC1. The second-order valence-corrected chi connectivity index (χ2v) is 10.4. The first-order chi connectivity index (χ1) is 17.3. The normalized spacial score (nSPS) is 19.2. The molecule has 0 radical (unpaired) electrons. The molecular weight excluding hydrogens is 480 g/mol. The summed E-state index contributed by atoms with van der Waals surface area (Å²) in [6, 6.07) is 13.3. The number of aromatic nitrogens is 1. The van der Waals surface area contributed by atoms with Crippen LogP contribution in [0, 0.1) is 22.7 Å². The zero-order valence-electron chi connectivity index (χ0n) is 19.3. The number of nitrogens with two attached hydrogens (primary N) is 1. The van der Waals surface area contributed by atoms with Crippen LogP contribution in [0.2, 0.25) is 0 Å². The van der Waals surface area contributed by atoms with E-state index in [-0.39, 0.29) is 25.2 Å². The van der Waals surface area contributed by atoms with Crippen molar-refractivity contribution in [1.29, 1.82) is 10.5 Å². The Bertz CT molecular complexity index is 1290. The highest BCUT2D eigenvalue weighted by Gasteiger charge is 2.46. The molecule has 2 aliphatic heterocycles. The number of hydrogen-bond donors (Lipinski definition) is 3. The summed E-state index contributed by atoms with van der Waals surface area (Å²) in [6.07, 6.45) is 1.74. The molecule has 184 valence electrons. The Morgan fingerprint density at radius 1 is 1.19 bits per heavy atom. The van der Waals surface area contributed by atoms with Gasteiger partial charge in [0.05, 0.1) is 30.4 Å². The Kier molecular flexibility index (Phi) is 6.31. The summed E-state index contributed by atoms with van der Waals surface area (Å²) >= 11 is 1.11. The number of anilines is 1. The summed E-state index contributed by atoms with van der Waals surface area (Å²) < 4.78 is 4.94. The van der Waals surface area contributed by atoms with E-state index in [2.05, 4.69) is 17.5 Å². The predicted molar refractivity (Wildman–Crippen MR) is 130 cm³/mol. The number of rotatable bonds is 8. The number of pyridine rings is 1. The van der Waals surface area contributed by atoms with E-state index in [1.165, 1.54) is 0 Å². The number of nitriles is 2. The first-order valence-corrected chi connectivity index (χ1v) is 12.5. The van der Waals surface area contributed by atoms with Gasteiger partial charge >= 0.3 is 0 Å². The monoisotopic (exact) mass is 504 g/mol. The number of thioether (sulfide) groups is 1. The summed E-state index contributed by atoms with van der Waals surface area (Å²) in [5, 5.41) is 32.6. The van der Waals surface area contributed by atoms with Gasteiger partial charge < -0.3 is 25.8 Å². The van der Waals surface area contributed by atoms with Crippen molar-refractivity contribution in [2.24, 2.45) is 5.73 Å². The van der Waals surface area contributed by atoms with Gasteiger partial charge in [-0.3, -0.25) is 9.59 Å². The summed E-state index contributed by atoms with van der Waals surface area (Å²) in [5.41, 5.74) is 6.25. The fraction of sp³-hybridized carbons (Fsp3) is 0.400. The first kappa shape index (κ1) is 24.1. The van der Waals surface area contributed by atoms with E-state index >= 15 is 0 Å². The fourth-order valence-corrected chi connectivity index (χ4v) is 5.45. The van der Waals surface area contributed by atoms with E-state index in [4.69, 9.17) is 15.5 Å². The van der Waals surface area contributed by atoms with E-state index in [9.17, 15) is 25.2 Å². The summed E-state index contributed by atoms with van der Waals surface area (Å²) in [7, 11) is 0. The molecule has 1 saturated carbocycles. The van der Waals surface area contributed by atoms with Crippen LogP contribution in [0.5, 0.6) is 0 Å².